The van der Waals surface area contributed by atoms with Crippen LogP contribution in [0.2, 0.25) is 0 Å². The van der Waals surface area contributed by atoms with Gasteiger partial charge in [0.2, 0.25) is 5.91 Å². The number of benzene rings is 1. The molecular weight excluding hydrogens is 345 g/mol. The molecule has 1 N–H and O–H groups in total. The summed E-state index contributed by atoms with van der Waals surface area (Å²) in [7, 11) is 2.04. The lowest BCUT2D eigenvalue weighted by Crippen LogP contribution is -2.44. The van der Waals surface area contributed by atoms with Crippen LogP contribution in [0.5, 0.6) is 5.75 Å². The normalized spacial score (nSPS) is 22.1. The Kier molecular flexibility index (Phi) is 5.07. The fourth-order valence-corrected chi connectivity index (χ4v) is 3.98. The molecule has 2 aromatic rings. The molecule has 0 spiro atoms. The average molecular weight is 369 g/mol. The zero-order valence-electron chi connectivity index (χ0n) is 15.5. The third-order valence-corrected chi connectivity index (χ3v) is 5.41. The highest BCUT2D eigenvalue weighted by Gasteiger charge is 2.30. The number of amides is 1. The van der Waals surface area contributed by atoms with E-state index >= 15 is 0 Å². The summed E-state index contributed by atoms with van der Waals surface area (Å²) in [5.74, 6) is 0.413. The van der Waals surface area contributed by atoms with Gasteiger partial charge in [-0.3, -0.25) is 9.78 Å². The molecule has 2 atom stereocenters. The number of piperidine rings is 1. The number of nitrogens with one attached hydrogen (secondary N) is 1. The van der Waals surface area contributed by atoms with Crippen molar-refractivity contribution in [1.82, 2.24) is 15.2 Å². The maximum absolute atomic E-state index is 14.3. The summed E-state index contributed by atoms with van der Waals surface area (Å²) in [5.41, 5.74) is 2.38. The molecule has 1 aromatic heterocycles. The van der Waals surface area contributed by atoms with Crippen LogP contribution in [0.3, 0.4) is 0 Å². The van der Waals surface area contributed by atoms with Crippen molar-refractivity contribution in [3.63, 3.8) is 0 Å². The third-order valence-electron chi connectivity index (χ3n) is 5.41. The van der Waals surface area contributed by atoms with Crippen molar-refractivity contribution >= 4 is 5.91 Å². The SMILES string of the molecule is CN1CCC[C@@H](C(=O)NC[C@@H]2Cc3c(F)ccc(-c4ccncc4)c3O2)C1. The number of aromatic nitrogens is 1. The maximum atomic E-state index is 14.3. The first-order chi connectivity index (χ1) is 13.1. The van der Waals surface area contributed by atoms with Gasteiger partial charge in [0.1, 0.15) is 17.7 Å². The fraction of sp³-hybridized carbons (Fsp3) is 0.429. The Morgan fingerprint density at radius 1 is 1.33 bits per heavy atom. The van der Waals surface area contributed by atoms with Crippen molar-refractivity contribution in [2.24, 2.45) is 5.92 Å². The van der Waals surface area contributed by atoms with Gasteiger partial charge < -0.3 is 15.0 Å². The van der Waals surface area contributed by atoms with Gasteiger partial charge in [0.25, 0.3) is 0 Å². The minimum absolute atomic E-state index is 0.0247. The molecule has 0 unspecified atom stereocenters. The van der Waals surface area contributed by atoms with E-state index in [4.69, 9.17) is 4.74 Å². The molecule has 3 heterocycles. The Hall–Kier alpha value is -2.47. The molecule has 1 fully saturated rings. The van der Waals surface area contributed by atoms with E-state index in [1.807, 2.05) is 19.2 Å². The number of nitrogens with zero attached hydrogens (tertiary/aromatic N) is 2. The zero-order valence-corrected chi connectivity index (χ0v) is 15.5. The molecule has 1 saturated heterocycles. The van der Waals surface area contributed by atoms with Crippen molar-refractivity contribution in [2.75, 3.05) is 26.7 Å². The molecule has 0 radical (unpaired) electrons. The van der Waals surface area contributed by atoms with Gasteiger partial charge in [0, 0.05) is 36.5 Å². The number of carbonyl (C=O) groups is 1. The molecule has 5 nitrogen and oxygen atoms in total. The van der Waals surface area contributed by atoms with Crippen molar-refractivity contribution in [2.45, 2.75) is 25.4 Å². The largest absolute Gasteiger partial charge is 0.487 e. The number of rotatable bonds is 4. The van der Waals surface area contributed by atoms with E-state index in [-0.39, 0.29) is 23.7 Å². The number of hydrogen-bond donors (Lipinski definition) is 1. The summed E-state index contributed by atoms with van der Waals surface area (Å²) in [6, 6.07) is 6.98. The highest BCUT2D eigenvalue weighted by atomic mass is 19.1. The summed E-state index contributed by atoms with van der Waals surface area (Å²) in [4.78, 5) is 18.7. The summed E-state index contributed by atoms with van der Waals surface area (Å²) < 4.78 is 20.4. The van der Waals surface area contributed by atoms with E-state index in [2.05, 4.69) is 15.2 Å². The predicted octanol–water partition coefficient (Wildman–Crippen LogP) is 2.65. The van der Waals surface area contributed by atoms with E-state index in [1.165, 1.54) is 6.07 Å². The molecular formula is C21H24FN3O2. The molecule has 0 bridgehead atoms. The first-order valence-corrected chi connectivity index (χ1v) is 9.46. The number of carbonyl (C=O) groups excluding carboxylic acids is 1. The Bertz CT molecular complexity index is 828. The number of ether oxygens (including phenoxy) is 1. The molecule has 2 aliphatic rings. The Morgan fingerprint density at radius 3 is 2.93 bits per heavy atom. The van der Waals surface area contributed by atoms with Crippen molar-refractivity contribution in [3.05, 3.63) is 48.0 Å². The number of hydrogen-bond acceptors (Lipinski definition) is 4. The monoisotopic (exact) mass is 369 g/mol. The second kappa shape index (κ2) is 7.64. The van der Waals surface area contributed by atoms with E-state index < -0.39 is 0 Å². The zero-order chi connectivity index (χ0) is 18.8. The van der Waals surface area contributed by atoms with Crippen LogP contribution in [0.15, 0.2) is 36.7 Å². The molecule has 4 rings (SSSR count). The quantitative estimate of drug-likeness (QED) is 0.900. The Balaban J connectivity index is 1.43. The molecule has 142 valence electrons. The van der Waals surface area contributed by atoms with Gasteiger partial charge in [-0.05, 0) is 56.3 Å². The maximum Gasteiger partial charge on any atom is 0.224 e. The van der Waals surface area contributed by atoms with Crippen LogP contribution in [0.25, 0.3) is 11.1 Å². The Labute approximate surface area is 158 Å². The lowest BCUT2D eigenvalue weighted by molar-refractivity contribution is -0.126. The van der Waals surface area contributed by atoms with E-state index in [9.17, 15) is 9.18 Å². The minimum atomic E-state index is -0.259. The summed E-state index contributed by atoms with van der Waals surface area (Å²) in [6.45, 7) is 2.23. The van der Waals surface area contributed by atoms with Crippen molar-refractivity contribution in [3.8, 4) is 16.9 Å². The van der Waals surface area contributed by atoms with Gasteiger partial charge >= 0.3 is 0 Å². The molecule has 1 aromatic carbocycles. The summed E-state index contributed by atoms with van der Waals surface area (Å²) in [5, 5.41) is 3.01. The number of pyridine rings is 1. The van der Waals surface area contributed by atoms with Crippen LogP contribution in [0, 0.1) is 11.7 Å². The van der Waals surface area contributed by atoms with Gasteiger partial charge in [-0.15, -0.1) is 0 Å². The number of likely N-dealkylation sites (tertiary alicyclic amines) is 1. The molecule has 0 aliphatic carbocycles. The van der Waals surface area contributed by atoms with Crippen molar-refractivity contribution < 1.29 is 13.9 Å². The van der Waals surface area contributed by atoms with Gasteiger partial charge in [0.15, 0.2) is 0 Å². The average Bonchev–Trinajstić information content (AvgIpc) is 3.12. The third kappa shape index (κ3) is 3.81. The van der Waals surface area contributed by atoms with Crippen LogP contribution in [-0.4, -0.2) is 48.6 Å². The molecule has 2 aliphatic heterocycles. The first kappa shape index (κ1) is 17.9. The van der Waals surface area contributed by atoms with Gasteiger partial charge in [-0.1, -0.05) is 0 Å². The lowest BCUT2D eigenvalue weighted by Gasteiger charge is -2.29. The van der Waals surface area contributed by atoms with Crippen molar-refractivity contribution in [1.29, 1.82) is 0 Å². The topological polar surface area (TPSA) is 54.5 Å². The lowest BCUT2D eigenvalue weighted by atomic mass is 9.97. The van der Waals surface area contributed by atoms with E-state index in [0.717, 1.165) is 37.1 Å². The van der Waals surface area contributed by atoms with Gasteiger partial charge in [-0.2, -0.15) is 0 Å². The predicted molar refractivity (Wildman–Crippen MR) is 101 cm³/mol. The van der Waals surface area contributed by atoms with Crippen LogP contribution >= 0.6 is 0 Å². The second-order valence-electron chi connectivity index (χ2n) is 7.43. The molecule has 1 amide bonds. The number of halogens is 1. The summed E-state index contributed by atoms with van der Waals surface area (Å²) in [6.07, 6.45) is 5.59. The Morgan fingerprint density at radius 2 is 2.15 bits per heavy atom. The summed E-state index contributed by atoms with van der Waals surface area (Å²) >= 11 is 0. The van der Waals surface area contributed by atoms with Gasteiger partial charge in [-0.25, -0.2) is 4.39 Å². The van der Waals surface area contributed by atoms with Crippen LogP contribution in [-0.2, 0) is 11.2 Å². The minimum Gasteiger partial charge on any atom is -0.487 e. The van der Waals surface area contributed by atoms with Crippen LogP contribution in [0.1, 0.15) is 18.4 Å². The second-order valence-corrected chi connectivity index (χ2v) is 7.43. The van der Waals surface area contributed by atoms with E-state index in [0.29, 0.717) is 24.3 Å². The van der Waals surface area contributed by atoms with E-state index in [1.54, 1.807) is 18.5 Å². The van der Waals surface area contributed by atoms with Crippen LogP contribution < -0.4 is 10.1 Å². The number of fused-ring (bicyclic) bond motifs is 1. The molecule has 6 heteroatoms. The first-order valence-electron chi connectivity index (χ1n) is 9.46. The molecule has 27 heavy (non-hydrogen) atoms. The highest BCUT2D eigenvalue weighted by Crippen LogP contribution is 2.40. The fourth-order valence-electron chi connectivity index (χ4n) is 3.98. The van der Waals surface area contributed by atoms with Crippen LogP contribution in [0.4, 0.5) is 4.39 Å². The standard InChI is InChI=1S/C21H24FN3O2/c1-25-10-2-3-15(13-25)21(26)24-12-16-11-18-19(22)5-4-17(20(18)27-16)14-6-8-23-9-7-14/h4-9,15-16H,2-3,10-13H2,1H3,(H,24,26)/t15-,16+/m1/s1. The smallest absolute Gasteiger partial charge is 0.224 e. The highest BCUT2D eigenvalue weighted by molar-refractivity contribution is 5.79. The molecule has 0 saturated carbocycles. The van der Waals surface area contributed by atoms with Gasteiger partial charge in [0.05, 0.1) is 12.5 Å².